The summed E-state index contributed by atoms with van der Waals surface area (Å²) in [7, 11) is 0. The van der Waals surface area contributed by atoms with E-state index in [0.29, 0.717) is 6.54 Å². The molecule has 2 N–H and O–H groups in total. The highest BCUT2D eigenvalue weighted by Gasteiger charge is 2.07. The zero-order chi connectivity index (χ0) is 9.97. The van der Waals surface area contributed by atoms with E-state index < -0.39 is 0 Å². The van der Waals surface area contributed by atoms with Crippen molar-refractivity contribution in [1.82, 2.24) is 4.98 Å². The fraction of sp³-hybridized carbons (Fsp3) is 0.182. The monoisotopic (exact) mass is 188 g/mol. The number of rotatable bonds is 2. The van der Waals surface area contributed by atoms with Crippen molar-refractivity contribution >= 4 is 0 Å². The molecule has 0 spiro atoms. The van der Waals surface area contributed by atoms with Crippen LogP contribution in [0.2, 0.25) is 0 Å². The van der Waals surface area contributed by atoms with Crippen LogP contribution in [0.5, 0.6) is 0 Å². The highest BCUT2D eigenvalue weighted by Crippen LogP contribution is 2.21. The molecule has 72 valence electrons. The minimum Gasteiger partial charge on any atom is -0.446 e. The molecule has 0 atom stereocenters. The summed E-state index contributed by atoms with van der Waals surface area (Å²) >= 11 is 0. The van der Waals surface area contributed by atoms with Crippen LogP contribution in [0.3, 0.4) is 0 Å². The van der Waals surface area contributed by atoms with Crippen molar-refractivity contribution in [1.29, 1.82) is 0 Å². The molecule has 2 rings (SSSR count). The summed E-state index contributed by atoms with van der Waals surface area (Å²) in [6.45, 7) is 2.43. The molecule has 0 bridgehead atoms. The van der Waals surface area contributed by atoms with Crippen molar-refractivity contribution in [3.63, 3.8) is 0 Å². The molecule has 0 aliphatic carbocycles. The molecule has 0 aliphatic rings. The van der Waals surface area contributed by atoms with Crippen LogP contribution in [0.15, 0.2) is 35.1 Å². The predicted molar refractivity (Wildman–Crippen MR) is 54.6 cm³/mol. The topological polar surface area (TPSA) is 52.0 Å². The minimum absolute atomic E-state index is 0.378. The molecule has 1 aromatic carbocycles. The summed E-state index contributed by atoms with van der Waals surface area (Å²) in [6, 6.07) is 8.13. The first-order valence-corrected chi connectivity index (χ1v) is 4.50. The molecule has 1 aromatic heterocycles. The number of aryl methyl sites for hydroxylation is 1. The molecule has 0 amide bonds. The van der Waals surface area contributed by atoms with Gasteiger partial charge in [-0.2, -0.15) is 0 Å². The number of benzene rings is 1. The van der Waals surface area contributed by atoms with Crippen molar-refractivity contribution in [2.45, 2.75) is 13.5 Å². The molecule has 0 radical (unpaired) electrons. The molecule has 0 saturated carbocycles. The van der Waals surface area contributed by atoms with Gasteiger partial charge in [-0.25, -0.2) is 4.98 Å². The van der Waals surface area contributed by atoms with Crippen LogP contribution in [0, 0.1) is 6.92 Å². The van der Waals surface area contributed by atoms with Gasteiger partial charge in [-0.15, -0.1) is 0 Å². The molecular formula is C11H12N2O. The lowest BCUT2D eigenvalue weighted by Gasteiger charge is -1.99. The Morgan fingerprint density at radius 3 is 2.64 bits per heavy atom. The fourth-order valence-corrected chi connectivity index (χ4v) is 1.36. The summed E-state index contributed by atoms with van der Waals surface area (Å²) in [5.41, 5.74) is 8.64. The van der Waals surface area contributed by atoms with Gasteiger partial charge in [0.05, 0.1) is 6.54 Å². The number of nitrogens with zero attached hydrogens (tertiary/aromatic N) is 1. The highest BCUT2D eigenvalue weighted by atomic mass is 16.3. The van der Waals surface area contributed by atoms with Crippen molar-refractivity contribution in [3.8, 4) is 11.3 Å². The van der Waals surface area contributed by atoms with E-state index in [4.69, 9.17) is 10.2 Å². The van der Waals surface area contributed by atoms with Crippen LogP contribution < -0.4 is 5.73 Å². The van der Waals surface area contributed by atoms with Crippen LogP contribution in [-0.4, -0.2) is 4.98 Å². The second-order valence-corrected chi connectivity index (χ2v) is 3.19. The van der Waals surface area contributed by atoms with Crippen molar-refractivity contribution in [2.75, 3.05) is 0 Å². The average molecular weight is 188 g/mol. The summed E-state index contributed by atoms with van der Waals surface area (Å²) in [4.78, 5) is 4.14. The third-order valence-electron chi connectivity index (χ3n) is 2.15. The predicted octanol–water partition coefficient (Wildman–Crippen LogP) is 2.11. The lowest BCUT2D eigenvalue weighted by molar-refractivity contribution is 0.507. The third kappa shape index (κ3) is 1.54. The Labute approximate surface area is 82.6 Å². The van der Waals surface area contributed by atoms with E-state index in [1.807, 2.05) is 24.3 Å². The van der Waals surface area contributed by atoms with Gasteiger partial charge in [0.1, 0.15) is 11.5 Å². The molecule has 2 aromatic rings. The van der Waals surface area contributed by atoms with Gasteiger partial charge < -0.3 is 10.2 Å². The SMILES string of the molecule is Cc1ccc(-c2ncoc2CN)cc1. The third-order valence-corrected chi connectivity index (χ3v) is 2.15. The normalized spacial score (nSPS) is 10.4. The Bertz CT molecular complexity index is 417. The van der Waals surface area contributed by atoms with Gasteiger partial charge in [0.15, 0.2) is 6.39 Å². The average Bonchev–Trinajstić information content (AvgIpc) is 2.67. The molecule has 0 unspecified atom stereocenters. The van der Waals surface area contributed by atoms with Crippen LogP contribution in [0.1, 0.15) is 11.3 Å². The van der Waals surface area contributed by atoms with Crippen molar-refractivity contribution in [2.24, 2.45) is 5.73 Å². The van der Waals surface area contributed by atoms with Gasteiger partial charge in [0.25, 0.3) is 0 Å². The second-order valence-electron chi connectivity index (χ2n) is 3.19. The van der Waals surface area contributed by atoms with Crippen LogP contribution >= 0.6 is 0 Å². The summed E-state index contributed by atoms with van der Waals surface area (Å²) < 4.78 is 5.16. The second kappa shape index (κ2) is 3.64. The molecular weight excluding hydrogens is 176 g/mol. The molecule has 3 heteroatoms. The van der Waals surface area contributed by atoms with Gasteiger partial charge in [-0.1, -0.05) is 29.8 Å². The first kappa shape index (κ1) is 8.97. The Morgan fingerprint density at radius 2 is 2.00 bits per heavy atom. The van der Waals surface area contributed by atoms with Crippen molar-refractivity contribution in [3.05, 3.63) is 42.0 Å². The van der Waals surface area contributed by atoms with E-state index in [1.54, 1.807) is 0 Å². The molecule has 14 heavy (non-hydrogen) atoms. The smallest absolute Gasteiger partial charge is 0.181 e. The summed E-state index contributed by atoms with van der Waals surface area (Å²) in [5.74, 6) is 0.730. The van der Waals surface area contributed by atoms with E-state index in [2.05, 4.69) is 11.9 Å². The van der Waals surface area contributed by atoms with Gasteiger partial charge in [0, 0.05) is 5.56 Å². The van der Waals surface area contributed by atoms with E-state index in [-0.39, 0.29) is 0 Å². The van der Waals surface area contributed by atoms with Crippen molar-refractivity contribution < 1.29 is 4.42 Å². The lowest BCUT2D eigenvalue weighted by Crippen LogP contribution is -1.96. The molecule has 0 aliphatic heterocycles. The van der Waals surface area contributed by atoms with E-state index >= 15 is 0 Å². The first-order valence-electron chi connectivity index (χ1n) is 4.50. The maximum absolute atomic E-state index is 5.53. The molecule has 1 heterocycles. The first-order chi connectivity index (χ1) is 6.81. The Balaban J connectivity index is 2.44. The largest absolute Gasteiger partial charge is 0.446 e. The van der Waals surface area contributed by atoms with E-state index in [0.717, 1.165) is 17.0 Å². The van der Waals surface area contributed by atoms with Gasteiger partial charge in [-0.3, -0.25) is 0 Å². The fourth-order valence-electron chi connectivity index (χ4n) is 1.36. The number of nitrogens with two attached hydrogens (primary N) is 1. The Hall–Kier alpha value is -1.61. The summed E-state index contributed by atoms with van der Waals surface area (Å²) in [5, 5.41) is 0. The minimum atomic E-state index is 0.378. The highest BCUT2D eigenvalue weighted by molar-refractivity contribution is 5.61. The maximum atomic E-state index is 5.53. The molecule has 0 fully saturated rings. The van der Waals surface area contributed by atoms with Gasteiger partial charge in [-0.05, 0) is 6.92 Å². The van der Waals surface area contributed by atoms with Crippen LogP contribution in [-0.2, 0) is 6.54 Å². The zero-order valence-corrected chi connectivity index (χ0v) is 8.03. The standard InChI is InChI=1S/C11H12N2O/c1-8-2-4-9(5-3-8)11-10(6-12)14-7-13-11/h2-5,7H,6,12H2,1H3. The number of hydrogen-bond acceptors (Lipinski definition) is 3. The van der Waals surface area contributed by atoms with E-state index in [1.165, 1.54) is 12.0 Å². The van der Waals surface area contributed by atoms with E-state index in [9.17, 15) is 0 Å². The Morgan fingerprint density at radius 1 is 1.29 bits per heavy atom. The summed E-state index contributed by atoms with van der Waals surface area (Å²) in [6.07, 6.45) is 1.43. The molecule has 3 nitrogen and oxygen atoms in total. The number of aromatic nitrogens is 1. The zero-order valence-electron chi connectivity index (χ0n) is 8.03. The number of hydrogen-bond donors (Lipinski definition) is 1. The Kier molecular flexibility index (Phi) is 2.33. The lowest BCUT2D eigenvalue weighted by atomic mass is 10.1. The maximum Gasteiger partial charge on any atom is 0.181 e. The quantitative estimate of drug-likeness (QED) is 0.785. The van der Waals surface area contributed by atoms with Gasteiger partial charge >= 0.3 is 0 Å². The van der Waals surface area contributed by atoms with Gasteiger partial charge in [0.2, 0.25) is 0 Å². The van der Waals surface area contributed by atoms with Crippen LogP contribution in [0.4, 0.5) is 0 Å². The molecule has 0 saturated heterocycles. The number of oxazole rings is 1. The van der Waals surface area contributed by atoms with Crippen LogP contribution in [0.25, 0.3) is 11.3 Å².